The largest absolute Gasteiger partial charge is 0.297 e. The molecule has 0 bridgehead atoms. The molecule has 1 unspecified atom stereocenters. The molecule has 2 heteroatoms. The van der Waals surface area contributed by atoms with Crippen LogP contribution in [0.2, 0.25) is 0 Å². The van der Waals surface area contributed by atoms with E-state index in [1.165, 1.54) is 31.5 Å². The van der Waals surface area contributed by atoms with Crippen molar-refractivity contribution in [2.45, 2.75) is 25.8 Å². The predicted molar refractivity (Wildman–Crippen MR) is 53.5 cm³/mol. The Balaban J connectivity index is 2.13. The predicted octanol–water partition coefficient (Wildman–Crippen LogP) is 2.90. The number of hydrogen-bond acceptors (Lipinski definition) is 2. The van der Waals surface area contributed by atoms with Gasteiger partial charge in [-0.25, -0.2) is 0 Å². The van der Waals surface area contributed by atoms with E-state index in [1.807, 2.05) is 11.3 Å². The summed E-state index contributed by atoms with van der Waals surface area (Å²) in [6.07, 6.45) is 2.72. The maximum atomic E-state index is 2.57. The van der Waals surface area contributed by atoms with Crippen LogP contribution in [0.1, 0.15) is 31.4 Å². The van der Waals surface area contributed by atoms with E-state index in [4.69, 9.17) is 0 Å². The van der Waals surface area contributed by atoms with Crippen molar-refractivity contribution in [2.75, 3.05) is 13.1 Å². The Bertz CT molecular complexity index is 230. The molecule has 1 aliphatic heterocycles. The van der Waals surface area contributed by atoms with Crippen molar-refractivity contribution in [3.8, 4) is 0 Å². The van der Waals surface area contributed by atoms with Crippen molar-refractivity contribution in [1.82, 2.24) is 4.90 Å². The van der Waals surface area contributed by atoms with Gasteiger partial charge in [-0.05, 0) is 48.3 Å². The van der Waals surface area contributed by atoms with Gasteiger partial charge in [0.25, 0.3) is 0 Å². The summed E-state index contributed by atoms with van der Waals surface area (Å²) >= 11 is 1.81. The lowest BCUT2D eigenvalue weighted by atomic mass is 10.1. The zero-order valence-corrected chi connectivity index (χ0v) is 8.31. The topological polar surface area (TPSA) is 3.24 Å². The molecule has 12 heavy (non-hydrogen) atoms. The van der Waals surface area contributed by atoms with Crippen LogP contribution >= 0.6 is 11.3 Å². The molecule has 1 aromatic rings. The van der Waals surface area contributed by atoms with Crippen LogP contribution in [0.15, 0.2) is 16.8 Å². The van der Waals surface area contributed by atoms with Gasteiger partial charge in [0, 0.05) is 6.04 Å². The number of nitrogens with zero attached hydrogens (tertiary/aromatic N) is 1. The average Bonchev–Trinajstić information content (AvgIpc) is 2.74. The van der Waals surface area contributed by atoms with Crippen LogP contribution < -0.4 is 0 Å². The standard InChI is InChI=1S/C10H15NS/c1-2-11-6-3-4-10(11)9-5-7-12-8-9/h5,7-8,10H,2-4,6H2,1H3. The van der Waals surface area contributed by atoms with E-state index in [1.54, 1.807) is 0 Å². The fraction of sp³-hybridized carbons (Fsp3) is 0.600. The SMILES string of the molecule is CCN1CCCC1c1ccsc1. The summed E-state index contributed by atoms with van der Waals surface area (Å²) in [5.74, 6) is 0. The minimum absolute atomic E-state index is 0.723. The number of likely N-dealkylation sites (tertiary alicyclic amines) is 1. The van der Waals surface area contributed by atoms with E-state index in [2.05, 4.69) is 28.7 Å². The van der Waals surface area contributed by atoms with Crippen molar-refractivity contribution in [1.29, 1.82) is 0 Å². The molecule has 1 fully saturated rings. The maximum Gasteiger partial charge on any atom is 0.0356 e. The molecule has 0 aromatic carbocycles. The molecule has 2 heterocycles. The summed E-state index contributed by atoms with van der Waals surface area (Å²) in [7, 11) is 0. The van der Waals surface area contributed by atoms with Gasteiger partial charge in [0.2, 0.25) is 0 Å². The Morgan fingerprint density at radius 2 is 2.58 bits per heavy atom. The molecule has 1 nitrogen and oxygen atoms in total. The Morgan fingerprint density at radius 1 is 1.67 bits per heavy atom. The van der Waals surface area contributed by atoms with Crippen molar-refractivity contribution in [3.63, 3.8) is 0 Å². The van der Waals surface area contributed by atoms with Gasteiger partial charge in [-0.1, -0.05) is 6.92 Å². The van der Waals surface area contributed by atoms with Gasteiger partial charge in [0.05, 0.1) is 0 Å². The average molecular weight is 181 g/mol. The highest BCUT2D eigenvalue weighted by molar-refractivity contribution is 7.07. The molecule has 1 saturated heterocycles. The molecule has 0 saturated carbocycles. The van der Waals surface area contributed by atoms with E-state index < -0.39 is 0 Å². The highest BCUT2D eigenvalue weighted by Gasteiger charge is 2.24. The number of hydrogen-bond donors (Lipinski definition) is 0. The molecule has 1 atom stereocenters. The van der Waals surface area contributed by atoms with Gasteiger partial charge in [0.15, 0.2) is 0 Å². The van der Waals surface area contributed by atoms with E-state index in [-0.39, 0.29) is 0 Å². The summed E-state index contributed by atoms with van der Waals surface area (Å²) in [5, 5.41) is 4.47. The first-order valence-electron chi connectivity index (χ1n) is 4.68. The van der Waals surface area contributed by atoms with Gasteiger partial charge in [-0.3, -0.25) is 4.90 Å². The van der Waals surface area contributed by atoms with Crippen LogP contribution in [-0.4, -0.2) is 18.0 Å². The summed E-state index contributed by atoms with van der Waals surface area (Å²) < 4.78 is 0. The third kappa shape index (κ3) is 1.41. The molecular weight excluding hydrogens is 166 g/mol. The highest BCUT2D eigenvalue weighted by atomic mass is 32.1. The molecular formula is C10H15NS. The lowest BCUT2D eigenvalue weighted by Crippen LogP contribution is -2.22. The van der Waals surface area contributed by atoms with Gasteiger partial charge in [-0.2, -0.15) is 11.3 Å². The normalized spacial score (nSPS) is 24.9. The van der Waals surface area contributed by atoms with Crippen LogP contribution in [-0.2, 0) is 0 Å². The van der Waals surface area contributed by atoms with Crippen molar-refractivity contribution >= 4 is 11.3 Å². The summed E-state index contributed by atoms with van der Waals surface area (Å²) in [6, 6.07) is 2.99. The molecule has 66 valence electrons. The van der Waals surface area contributed by atoms with Gasteiger partial charge < -0.3 is 0 Å². The second kappa shape index (κ2) is 3.58. The van der Waals surface area contributed by atoms with Crippen molar-refractivity contribution in [3.05, 3.63) is 22.4 Å². The number of rotatable bonds is 2. The third-order valence-electron chi connectivity index (χ3n) is 2.70. The molecule has 1 aliphatic rings. The molecule has 1 aromatic heterocycles. The van der Waals surface area contributed by atoms with Gasteiger partial charge in [0.1, 0.15) is 0 Å². The van der Waals surface area contributed by atoms with Gasteiger partial charge in [-0.15, -0.1) is 0 Å². The summed E-state index contributed by atoms with van der Waals surface area (Å²) in [5.41, 5.74) is 1.53. The van der Waals surface area contributed by atoms with E-state index in [0.717, 1.165) is 6.04 Å². The molecule has 0 radical (unpaired) electrons. The zero-order valence-electron chi connectivity index (χ0n) is 7.49. The quantitative estimate of drug-likeness (QED) is 0.678. The first-order valence-corrected chi connectivity index (χ1v) is 5.62. The van der Waals surface area contributed by atoms with Crippen molar-refractivity contribution < 1.29 is 0 Å². The molecule has 0 N–H and O–H groups in total. The van der Waals surface area contributed by atoms with Crippen LogP contribution in [0.5, 0.6) is 0 Å². The first kappa shape index (κ1) is 8.27. The first-order chi connectivity index (χ1) is 5.92. The smallest absolute Gasteiger partial charge is 0.0356 e. The van der Waals surface area contributed by atoms with Crippen LogP contribution in [0.25, 0.3) is 0 Å². The Hall–Kier alpha value is -0.340. The van der Waals surface area contributed by atoms with Crippen molar-refractivity contribution in [2.24, 2.45) is 0 Å². The molecule has 0 amide bonds. The third-order valence-corrected chi connectivity index (χ3v) is 3.40. The Morgan fingerprint density at radius 3 is 3.25 bits per heavy atom. The number of thiophene rings is 1. The van der Waals surface area contributed by atoms with E-state index in [9.17, 15) is 0 Å². The summed E-state index contributed by atoms with van der Waals surface area (Å²) in [6.45, 7) is 4.74. The highest BCUT2D eigenvalue weighted by Crippen LogP contribution is 2.32. The summed E-state index contributed by atoms with van der Waals surface area (Å²) in [4.78, 5) is 2.57. The second-order valence-electron chi connectivity index (χ2n) is 3.34. The fourth-order valence-corrected chi connectivity index (χ4v) is 2.75. The minimum atomic E-state index is 0.723. The minimum Gasteiger partial charge on any atom is -0.297 e. The lowest BCUT2D eigenvalue weighted by Gasteiger charge is -2.21. The maximum absolute atomic E-state index is 2.57. The monoisotopic (exact) mass is 181 g/mol. The van der Waals surface area contributed by atoms with Gasteiger partial charge >= 0.3 is 0 Å². The van der Waals surface area contributed by atoms with Crippen LogP contribution in [0, 0.1) is 0 Å². The fourth-order valence-electron chi connectivity index (χ4n) is 2.05. The van der Waals surface area contributed by atoms with Crippen LogP contribution in [0.4, 0.5) is 0 Å². The molecule has 0 spiro atoms. The Kier molecular flexibility index (Phi) is 2.47. The van der Waals surface area contributed by atoms with E-state index >= 15 is 0 Å². The Labute approximate surface area is 78.0 Å². The van der Waals surface area contributed by atoms with E-state index in [0.29, 0.717) is 0 Å². The van der Waals surface area contributed by atoms with Crippen LogP contribution in [0.3, 0.4) is 0 Å². The second-order valence-corrected chi connectivity index (χ2v) is 4.12. The molecule has 2 rings (SSSR count). The lowest BCUT2D eigenvalue weighted by molar-refractivity contribution is 0.272. The zero-order chi connectivity index (χ0) is 8.39. The molecule has 0 aliphatic carbocycles.